The Bertz CT molecular complexity index is 1180. The summed E-state index contributed by atoms with van der Waals surface area (Å²) in [5.74, 6) is -0.910. The monoisotopic (exact) mass is 909 g/mol. The maximum atomic E-state index is 12.8. The maximum Gasteiger partial charge on any atom is 0.306 e. The molecule has 376 valence electrons. The predicted molar refractivity (Wildman–Crippen MR) is 279 cm³/mol. The summed E-state index contributed by atoms with van der Waals surface area (Å²) in [6.45, 7) is 6.57. The normalized spacial score (nSPS) is 12.5. The van der Waals surface area contributed by atoms with E-state index < -0.39 is 6.10 Å². The molecule has 0 aromatic carbocycles. The minimum absolute atomic E-state index is 0.0859. The molecule has 0 saturated carbocycles. The third-order valence-electron chi connectivity index (χ3n) is 12.0. The van der Waals surface area contributed by atoms with Gasteiger partial charge in [-0.2, -0.15) is 0 Å². The summed E-state index contributed by atoms with van der Waals surface area (Å²) in [5, 5.41) is 0. The van der Waals surface area contributed by atoms with Gasteiger partial charge in [0, 0.05) is 19.3 Å². The van der Waals surface area contributed by atoms with Crippen molar-refractivity contribution in [2.24, 2.45) is 0 Å². The number of carbonyl (C=O) groups excluding carboxylic acids is 3. The zero-order valence-corrected chi connectivity index (χ0v) is 43.0. The van der Waals surface area contributed by atoms with Crippen LogP contribution in [0.5, 0.6) is 0 Å². The lowest BCUT2D eigenvalue weighted by molar-refractivity contribution is -0.167. The van der Waals surface area contributed by atoms with Crippen LogP contribution in [0.15, 0.2) is 60.8 Å². The highest BCUT2D eigenvalue weighted by Gasteiger charge is 2.19. The van der Waals surface area contributed by atoms with Crippen LogP contribution in [0.25, 0.3) is 0 Å². The van der Waals surface area contributed by atoms with Gasteiger partial charge in [-0.3, -0.25) is 14.4 Å². The summed E-state index contributed by atoms with van der Waals surface area (Å²) in [7, 11) is 0. The van der Waals surface area contributed by atoms with Crippen molar-refractivity contribution in [2.45, 2.75) is 284 Å². The van der Waals surface area contributed by atoms with Gasteiger partial charge in [0.1, 0.15) is 13.2 Å². The largest absolute Gasteiger partial charge is 0.462 e. The van der Waals surface area contributed by atoms with Crippen LogP contribution < -0.4 is 0 Å². The number of hydrogen-bond donors (Lipinski definition) is 0. The molecule has 0 amide bonds. The highest BCUT2D eigenvalue weighted by atomic mass is 16.6. The molecule has 0 aromatic heterocycles. The third kappa shape index (κ3) is 51.9. The van der Waals surface area contributed by atoms with E-state index in [0.717, 1.165) is 96.3 Å². The second-order valence-electron chi connectivity index (χ2n) is 18.5. The minimum atomic E-state index is -0.786. The van der Waals surface area contributed by atoms with E-state index in [0.29, 0.717) is 19.3 Å². The predicted octanol–water partition coefficient (Wildman–Crippen LogP) is 18.4. The van der Waals surface area contributed by atoms with Crippen molar-refractivity contribution in [3.05, 3.63) is 60.8 Å². The molecule has 0 heterocycles. The van der Waals surface area contributed by atoms with Crippen LogP contribution in [0.2, 0.25) is 0 Å². The fourth-order valence-corrected chi connectivity index (χ4v) is 7.72. The number of hydrogen-bond acceptors (Lipinski definition) is 6. The summed E-state index contributed by atoms with van der Waals surface area (Å²) < 4.78 is 16.8. The number of carbonyl (C=O) groups is 3. The molecule has 0 bridgehead atoms. The lowest BCUT2D eigenvalue weighted by Crippen LogP contribution is -2.30. The van der Waals surface area contributed by atoms with Gasteiger partial charge in [0.2, 0.25) is 0 Å². The Morgan fingerprint density at radius 1 is 0.308 bits per heavy atom. The van der Waals surface area contributed by atoms with Crippen molar-refractivity contribution < 1.29 is 28.6 Å². The zero-order chi connectivity index (χ0) is 47.2. The Hall–Kier alpha value is -2.89. The van der Waals surface area contributed by atoms with Crippen molar-refractivity contribution >= 4 is 17.9 Å². The van der Waals surface area contributed by atoms with Gasteiger partial charge in [-0.1, -0.05) is 216 Å². The quantitative estimate of drug-likeness (QED) is 0.0262. The minimum Gasteiger partial charge on any atom is -0.462 e. The second kappa shape index (κ2) is 53.7. The van der Waals surface area contributed by atoms with Crippen LogP contribution in [0.3, 0.4) is 0 Å². The van der Waals surface area contributed by atoms with E-state index in [1.54, 1.807) is 0 Å². The molecule has 1 atom stereocenters. The van der Waals surface area contributed by atoms with Gasteiger partial charge >= 0.3 is 17.9 Å². The van der Waals surface area contributed by atoms with Crippen LogP contribution in [0.1, 0.15) is 278 Å². The lowest BCUT2D eigenvalue weighted by atomic mass is 10.1. The first-order valence-corrected chi connectivity index (χ1v) is 27.8. The van der Waals surface area contributed by atoms with Crippen LogP contribution in [-0.4, -0.2) is 37.2 Å². The first-order valence-electron chi connectivity index (χ1n) is 27.8. The van der Waals surface area contributed by atoms with Crippen molar-refractivity contribution in [1.82, 2.24) is 0 Å². The highest BCUT2D eigenvalue weighted by Crippen LogP contribution is 2.14. The van der Waals surface area contributed by atoms with Gasteiger partial charge in [-0.25, -0.2) is 0 Å². The third-order valence-corrected chi connectivity index (χ3v) is 12.0. The van der Waals surface area contributed by atoms with Crippen molar-refractivity contribution in [2.75, 3.05) is 13.2 Å². The molecule has 0 aromatic rings. The fraction of sp³-hybridized carbons (Fsp3) is 0.780. The zero-order valence-electron chi connectivity index (χ0n) is 43.0. The molecule has 0 N–H and O–H groups in total. The summed E-state index contributed by atoms with van der Waals surface area (Å²) in [6.07, 6.45) is 66.3. The molecule has 0 spiro atoms. The van der Waals surface area contributed by atoms with E-state index in [2.05, 4.69) is 81.5 Å². The van der Waals surface area contributed by atoms with Crippen LogP contribution in [0.4, 0.5) is 0 Å². The van der Waals surface area contributed by atoms with Gasteiger partial charge in [-0.05, 0) is 103 Å². The molecular weight excluding hydrogens is 805 g/mol. The Morgan fingerprint density at radius 3 is 0.923 bits per heavy atom. The van der Waals surface area contributed by atoms with Crippen LogP contribution in [-0.2, 0) is 28.6 Å². The molecule has 0 fully saturated rings. The lowest BCUT2D eigenvalue weighted by Gasteiger charge is -2.18. The molecule has 0 aliphatic heterocycles. The van der Waals surface area contributed by atoms with E-state index in [1.165, 1.54) is 141 Å². The van der Waals surface area contributed by atoms with Gasteiger partial charge < -0.3 is 14.2 Å². The summed E-state index contributed by atoms with van der Waals surface area (Å²) >= 11 is 0. The van der Waals surface area contributed by atoms with Crippen molar-refractivity contribution in [3.8, 4) is 0 Å². The number of esters is 3. The first-order chi connectivity index (χ1) is 32.0. The molecule has 0 radical (unpaired) electrons. The van der Waals surface area contributed by atoms with Crippen LogP contribution >= 0.6 is 0 Å². The summed E-state index contributed by atoms with van der Waals surface area (Å²) in [5.41, 5.74) is 0. The Labute approximate surface area is 402 Å². The molecule has 1 unspecified atom stereocenters. The Kier molecular flexibility index (Phi) is 51.3. The standard InChI is InChI=1S/C59H104O6/c1-4-7-10-13-16-19-22-24-26-27-28-29-30-31-33-34-37-40-43-46-49-52-58(61)64-55-56(54-63-57(60)51-48-45-42-39-36-21-18-15-12-9-6-3)65-59(62)53-50-47-44-41-38-35-32-25-23-20-17-14-11-8-5-2/h15,18,22,24-25,27-28,30-32,56H,4-14,16-17,19-21,23,26,29,33-55H2,1-3H3/b18-15-,24-22-,28-27-,31-30-,32-25-. The smallest absolute Gasteiger partial charge is 0.306 e. The Balaban J connectivity index is 4.36. The number of allylic oxidation sites excluding steroid dienone is 10. The number of rotatable bonds is 50. The van der Waals surface area contributed by atoms with Crippen LogP contribution in [0, 0.1) is 0 Å². The molecule has 0 rings (SSSR count). The van der Waals surface area contributed by atoms with E-state index in [9.17, 15) is 14.4 Å². The highest BCUT2D eigenvalue weighted by molar-refractivity contribution is 5.71. The topological polar surface area (TPSA) is 78.9 Å². The average Bonchev–Trinajstić information content (AvgIpc) is 3.30. The molecule has 0 aliphatic carbocycles. The van der Waals surface area contributed by atoms with E-state index in [1.807, 2.05) is 0 Å². The number of ether oxygens (including phenoxy) is 3. The van der Waals surface area contributed by atoms with Gasteiger partial charge in [0.05, 0.1) is 0 Å². The number of unbranched alkanes of at least 4 members (excludes halogenated alkanes) is 29. The van der Waals surface area contributed by atoms with Crippen molar-refractivity contribution in [1.29, 1.82) is 0 Å². The van der Waals surface area contributed by atoms with Gasteiger partial charge in [-0.15, -0.1) is 0 Å². The van der Waals surface area contributed by atoms with E-state index in [4.69, 9.17) is 14.2 Å². The fourth-order valence-electron chi connectivity index (χ4n) is 7.72. The molecule has 0 saturated heterocycles. The first kappa shape index (κ1) is 62.1. The maximum absolute atomic E-state index is 12.8. The molecule has 0 aliphatic rings. The van der Waals surface area contributed by atoms with Gasteiger partial charge in [0.15, 0.2) is 6.10 Å². The van der Waals surface area contributed by atoms with E-state index >= 15 is 0 Å². The van der Waals surface area contributed by atoms with Crippen molar-refractivity contribution in [3.63, 3.8) is 0 Å². The summed E-state index contributed by atoms with van der Waals surface area (Å²) in [6, 6.07) is 0. The van der Waals surface area contributed by atoms with E-state index in [-0.39, 0.29) is 31.1 Å². The molecule has 65 heavy (non-hydrogen) atoms. The second-order valence-corrected chi connectivity index (χ2v) is 18.5. The molecule has 6 nitrogen and oxygen atoms in total. The molecule has 6 heteroatoms. The van der Waals surface area contributed by atoms with Gasteiger partial charge in [0.25, 0.3) is 0 Å². The summed E-state index contributed by atoms with van der Waals surface area (Å²) in [4.78, 5) is 38.0. The average molecular weight is 909 g/mol. The molecular formula is C59H104O6. The SMILES string of the molecule is CCCC/C=C\CCCCCCCC(=O)OCC(COC(=O)CCCCCCCC/C=C\C/C=C\C/C=C\CCCCCCC)OC(=O)CCCCCCC/C=C\CCCCCCCC. The Morgan fingerprint density at radius 2 is 0.569 bits per heavy atom.